The molecule has 26 heavy (non-hydrogen) atoms. The molecule has 2 fully saturated rings. The Labute approximate surface area is 150 Å². The molecular weight excluding hydrogens is 337 g/mol. The topological polar surface area (TPSA) is 65.9 Å². The average Bonchev–Trinajstić information content (AvgIpc) is 3.31. The van der Waals surface area contributed by atoms with Crippen LogP contribution in [-0.4, -0.2) is 48.5 Å². The number of halogens is 1. The summed E-state index contributed by atoms with van der Waals surface area (Å²) in [6.07, 6.45) is 2.84. The molecule has 136 valence electrons. The van der Waals surface area contributed by atoms with Crippen LogP contribution in [0.4, 0.5) is 20.7 Å². The van der Waals surface area contributed by atoms with Crippen molar-refractivity contribution in [2.45, 2.75) is 18.9 Å². The number of anilines is 2. The third-order valence-corrected chi connectivity index (χ3v) is 4.83. The number of aliphatic hydroxyl groups is 1. The number of hydrogen-bond donors (Lipinski definition) is 1. The van der Waals surface area contributed by atoms with Gasteiger partial charge in [-0.2, -0.15) is 0 Å². The summed E-state index contributed by atoms with van der Waals surface area (Å²) in [5, 5.41) is 9.12. The molecule has 4 rings (SSSR count). The largest absolute Gasteiger partial charge is 0.441 e. The van der Waals surface area contributed by atoms with E-state index in [0.29, 0.717) is 11.3 Å². The first-order chi connectivity index (χ1) is 12.7. The fraction of sp³-hybridized carbons (Fsp3) is 0.368. The molecule has 0 bridgehead atoms. The number of benzene rings is 1. The molecule has 2 aliphatic heterocycles. The SMILES string of the molecule is O=C1O[C@@H](CO)CN1c1ccc(-c2ccnc(N3CCCC3)c2)c(F)c1. The minimum absolute atomic E-state index is 0.211. The minimum Gasteiger partial charge on any atom is -0.441 e. The lowest BCUT2D eigenvalue weighted by Gasteiger charge is -2.17. The lowest BCUT2D eigenvalue weighted by Crippen LogP contribution is -2.25. The Morgan fingerprint density at radius 3 is 2.73 bits per heavy atom. The minimum atomic E-state index is -0.576. The lowest BCUT2D eigenvalue weighted by molar-refractivity contribution is 0.0963. The summed E-state index contributed by atoms with van der Waals surface area (Å²) in [5.41, 5.74) is 1.63. The Hall–Kier alpha value is -2.67. The third kappa shape index (κ3) is 3.10. The Morgan fingerprint density at radius 1 is 1.23 bits per heavy atom. The van der Waals surface area contributed by atoms with E-state index in [9.17, 15) is 9.18 Å². The van der Waals surface area contributed by atoms with Crippen LogP contribution in [0.25, 0.3) is 11.1 Å². The van der Waals surface area contributed by atoms with Gasteiger partial charge in [-0.3, -0.25) is 4.90 Å². The van der Waals surface area contributed by atoms with Crippen LogP contribution in [0, 0.1) is 5.82 Å². The van der Waals surface area contributed by atoms with Gasteiger partial charge in [0.1, 0.15) is 17.7 Å². The summed E-state index contributed by atoms with van der Waals surface area (Å²) in [6, 6.07) is 8.36. The van der Waals surface area contributed by atoms with E-state index in [-0.39, 0.29) is 13.2 Å². The molecule has 2 aromatic rings. The number of cyclic esters (lactones) is 1. The van der Waals surface area contributed by atoms with E-state index < -0.39 is 18.0 Å². The van der Waals surface area contributed by atoms with E-state index in [1.807, 2.05) is 6.07 Å². The molecule has 1 aromatic carbocycles. The van der Waals surface area contributed by atoms with Crippen LogP contribution in [0.1, 0.15) is 12.8 Å². The van der Waals surface area contributed by atoms with Crippen molar-refractivity contribution in [1.82, 2.24) is 4.98 Å². The van der Waals surface area contributed by atoms with Gasteiger partial charge < -0.3 is 14.7 Å². The quantitative estimate of drug-likeness (QED) is 0.911. The number of carbonyl (C=O) groups excluding carboxylic acids is 1. The Bertz CT molecular complexity index is 823. The fourth-order valence-electron chi connectivity index (χ4n) is 3.44. The third-order valence-electron chi connectivity index (χ3n) is 4.83. The molecule has 6 nitrogen and oxygen atoms in total. The van der Waals surface area contributed by atoms with E-state index in [2.05, 4.69) is 9.88 Å². The number of rotatable bonds is 4. The van der Waals surface area contributed by atoms with Crippen molar-refractivity contribution in [3.63, 3.8) is 0 Å². The highest BCUT2D eigenvalue weighted by Crippen LogP contribution is 2.30. The van der Waals surface area contributed by atoms with Gasteiger partial charge in [0, 0.05) is 24.8 Å². The zero-order valence-electron chi connectivity index (χ0n) is 14.3. The molecule has 2 saturated heterocycles. The first kappa shape index (κ1) is 16.8. The van der Waals surface area contributed by atoms with Crippen LogP contribution in [0.15, 0.2) is 36.5 Å². The molecule has 0 spiro atoms. The zero-order valence-corrected chi connectivity index (χ0v) is 14.3. The number of ether oxygens (including phenoxy) is 1. The van der Waals surface area contributed by atoms with Crippen LogP contribution in [0.3, 0.4) is 0 Å². The van der Waals surface area contributed by atoms with Gasteiger partial charge in [0.2, 0.25) is 0 Å². The molecular formula is C19H20FN3O3. The molecule has 1 amide bonds. The Morgan fingerprint density at radius 2 is 2.04 bits per heavy atom. The van der Waals surface area contributed by atoms with Crippen molar-refractivity contribution in [3.05, 3.63) is 42.3 Å². The first-order valence-corrected chi connectivity index (χ1v) is 8.75. The van der Waals surface area contributed by atoms with Crippen molar-refractivity contribution >= 4 is 17.6 Å². The number of nitrogens with zero attached hydrogens (tertiary/aromatic N) is 3. The molecule has 1 N–H and O–H groups in total. The molecule has 2 aliphatic rings. The van der Waals surface area contributed by atoms with E-state index in [4.69, 9.17) is 9.84 Å². The maximum atomic E-state index is 14.7. The number of aliphatic hydroxyl groups excluding tert-OH is 1. The molecule has 0 unspecified atom stereocenters. The highest BCUT2D eigenvalue weighted by Gasteiger charge is 2.32. The standard InChI is InChI=1S/C19H20FN3O3/c20-17-10-14(23-11-15(12-24)26-19(23)25)3-4-16(17)13-5-6-21-18(9-13)22-7-1-2-8-22/h3-6,9-10,15,24H,1-2,7-8,11-12H2/t15-/m1/s1. The Kier molecular flexibility index (Phi) is 4.46. The van der Waals surface area contributed by atoms with Crippen molar-refractivity contribution in [3.8, 4) is 11.1 Å². The van der Waals surface area contributed by atoms with Crippen LogP contribution >= 0.6 is 0 Å². The van der Waals surface area contributed by atoms with E-state index in [1.54, 1.807) is 24.4 Å². The lowest BCUT2D eigenvalue weighted by atomic mass is 10.1. The van der Waals surface area contributed by atoms with Gasteiger partial charge in [0.25, 0.3) is 0 Å². The Balaban J connectivity index is 1.60. The summed E-state index contributed by atoms with van der Waals surface area (Å²) in [6.45, 7) is 1.91. The van der Waals surface area contributed by atoms with Gasteiger partial charge >= 0.3 is 6.09 Å². The maximum absolute atomic E-state index is 14.7. The van der Waals surface area contributed by atoms with Gasteiger partial charge in [0.15, 0.2) is 0 Å². The molecule has 0 saturated carbocycles. The van der Waals surface area contributed by atoms with Crippen LogP contribution in [-0.2, 0) is 4.74 Å². The van der Waals surface area contributed by atoms with E-state index in [0.717, 1.165) is 37.3 Å². The number of carbonyl (C=O) groups is 1. The summed E-state index contributed by atoms with van der Waals surface area (Å²) in [5.74, 6) is 0.443. The van der Waals surface area contributed by atoms with E-state index >= 15 is 0 Å². The van der Waals surface area contributed by atoms with Crippen LogP contribution in [0.2, 0.25) is 0 Å². The first-order valence-electron chi connectivity index (χ1n) is 8.75. The predicted octanol–water partition coefficient (Wildman–Crippen LogP) is 2.81. The molecule has 1 atom stereocenters. The monoisotopic (exact) mass is 357 g/mol. The summed E-state index contributed by atoms with van der Waals surface area (Å²) in [7, 11) is 0. The van der Waals surface area contributed by atoms with Crippen molar-refractivity contribution in [2.24, 2.45) is 0 Å². The second-order valence-electron chi connectivity index (χ2n) is 6.56. The van der Waals surface area contributed by atoms with Gasteiger partial charge in [-0.1, -0.05) is 0 Å². The van der Waals surface area contributed by atoms with Gasteiger partial charge in [-0.05, 0) is 48.7 Å². The maximum Gasteiger partial charge on any atom is 0.414 e. The van der Waals surface area contributed by atoms with Gasteiger partial charge in [-0.25, -0.2) is 14.2 Å². The fourth-order valence-corrected chi connectivity index (χ4v) is 3.44. The molecule has 0 aliphatic carbocycles. The summed E-state index contributed by atoms with van der Waals surface area (Å²) in [4.78, 5) is 19.8. The second-order valence-corrected chi connectivity index (χ2v) is 6.56. The smallest absolute Gasteiger partial charge is 0.414 e. The molecule has 1 aromatic heterocycles. The van der Waals surface area contributed by atoms with Crippen molar-refractivity contribution in [1.29, 1.82) is 0 Å². The highest BCUT2D eigenvalue weighted by molar-refractivity contribution is 5.90. The zero-order chi connectivity index (χ0) is 18.1. The average molecular weight is 357 g/mol. The number of pyridine rings is 1. The number of aromatic nitrogens is 1. The molecule has 3 heterocycles. The number of amides is 1. The van der Waals surface area contributed by atoms with Crippen LogP contribution < -0.4 is 9.80 Å². The second kappa shape index (κ2) is 6.92. The summed E-state index contributed by atoms with van der Waals surface area (Å²) < 4.78 is 19.7. The molecule has 7 heteroatoms. The van der Waals surface area contributed by atoms with Crippen molar-refractivity contribution in [2.75, 3.05) is 36.0 Å². The highest BCUT2D eigenvalue weighted by atomic mass is 19.1. The predicted molar refractivity (Wildman–Crippen MR) is 95.8 cm³/mol. The molecule has 0 radical (unpaired) electrons. The van der Waals surface area contributed by atoms with Crippen LogP contribution in [0.5, 0.6) is 0 Å². The van der Waals surface area contributed by atoms with E-state index in [1.165, 1.54) is 11.0 Å². The van der Waals surface area contributed by atoms with Gasteiger partial charge in [0.05, 0.1) is 18.8 Å². The van der Waals surface area contributed by atoms with Crippen molar-refractivity contribution < 1.29 is 19.0 Å². The normalized spacial score (nSPS) is 19.9. The number of hydrogen-bond acceptors (Lipinski definition) is 5. The van der Waals surface area contributed by atoms with Gasteiger partial charge in [-0.15, -0.1) is 0 Å². The summed E-state index contributed by atoms with van der Waals surface area (Å²) >= 11 is 0.